The molecular formula is C20H19NO3. The molecule has 0 fully saturated rings. The Hall–Kier alpha value is -2.82. The number of benzene rings is 2. The van der Waals surface area contributed by atoms with Crippen molar-refractivity contribution < 1.29 is 14.5 Å². The number of hydrogen-bond acceptors (Lipinski definition) is 3. The molecule has 1 aliphatic rings. The van der Waals surface area contributed by atoms with Crippen molar-refractivity contribution in [2.24, 2.45) is 0 Å². The highest BCUT2D eigenvalue weighted by molar-refractivity contribution is 5.41. The lowest BCUT2D eigenvalue weighted by molar-refractivity contribution is -0.727. The first-order valence-electron chi connectivity index (χ1n) is 7.68. The monoisotopic (exact) mass is 321 g/mol. The Morgan fingerprint density at radius 3 is 2.04 bits per heavy atom. The number of methoxy groups -OCH3 is 1. The van der Waals surface area contributed by atoms with E-state index in [2.05, 4.69) is 6.58 Å². The molecule has 4 nitrogen and oxygen atoms in total. The molecule has 0 aromatic heterocycles. The highest BCUT2D eigenvalue weighted by Gasteiger charge is 2.10. The van der Waals surface area contributed by atoms with Crippen LogP contribution in [0.4, 0.5) is 5.69 Å². The molecule has 2 aromatic rings. The summed E-state index contributed by atoms with van der Waals surface area (Å²) < 4.78 is 10.9. The Morgan fingerprint density at radius 1 is 0.917 bits per heavy atom. The van der Waals surface area contributed by atoms with Crippen LogP contribution in [0.3, 0.4) is 0 Å². The van der Waals surface area contributed by atoms with Crippen molar-refractivity contribution in [1.82, 2.24) is 0 Å². The first-order chi connectivity index (χ1) is 11.7. The van der Waals surface area contributed by atoms with Gasteiger partial charge in [0.05, 0.1) is 7.11 Å². The van der Waals surface area contributed by atoms with Gasteiger partial charge in [0.1, 0.15) is 28.6 Å². The van der Waals surface area contributed by atoms with Gasteiger partial charge in [-0.25, -0.2) is 0 Å². The topological polar surface area (TPSA) is 46.0 Å². The second-order valence-corrected chi connectivity index (χ2v) is 5.49. The van der Waals surface area contributed by atoms with Gasteiger partial charge >= 0.3 is 0 Å². The second kappa shape index (κ2) is 7.17. The minimum Gasteiger partial charge on any atom is -0.623 e. The summed E-state index contributed by atoms with van der Waals surface area (Å²) in [5.41, 5.74) is 2.35. The zero-order valence-electron chi connectivity index (χ0n) is 13.5. The molecule has 1 unspecified atom stereocenters. The largest absolute Gasteiger partial charge is 0.623 e. The summed E-state index contributed by atoms with van der Waals surface area (Å²) in [6.07, 6.45) is 6.33. The van der Waals surface area contributed by atoms with Crippen molar-refractivity contribution in [3.05, 3.63) is 89.8 Å². The van der Waals surface area contributed by atoms with Gasteiger partial charge in [-0.3, -0.25) is 0 Å². The van der Waals surface area contributed by atoms with E-state index < -0.39 is 0 Å². The number of hydrogen-bond donors (Lipinski definition) is 1. The van der Waals surface area contributed by atoms with Crippen LogP contribution in [0.1, 0.15) is 6.42 Å². The molecule has 24 heavy (non-hydrogen) atoms. The van der Waals surface area contributed by atoms with Crippen molar-refractivity contribution in [3.8, 4) is 17.2 Å². The molecule has 1 N–H and O–H groups in total. The maximum atomic E-state index is 12.4. The summed E-state index contributed by atoms with van der Waals surface area (Å²) in [5, 5.41) is 12.5. The zero-order valence-corrected chi connectivity index (χ0v) is 13.5. The summed E-state index contributed by atoms with van der Waals surface area (Å²) >= 11 is 0. The van der Waals surface area contributed by atoms with Gasteiger partial charge < -0.3 is 19.7 Å². The fraction of sp³-hybridized carbons (Fsp3) is 0.100. The summed E-state index contributed by atoms with van der Waals surface area (Å²) in [4.78, 5) is 0. The van der Waals surface area contributed by atoms with Crippen LogP contribution in [0.2, 0.25) is 0 Å². The second-order valence-electron chi connectivity index (χ2n) is 5.49. The molecule has 0 saturated heterocycles. The lowest BCUT2D eigenvalue weighted by Crippen LogP contribution is -2.99. The molecule has 0 aliphatic heterocycles. The van der Waals surface area contributed by atoms with Crippen LogP contribution in [0.25, 0.3) is 0 Å². The predicted molar refractivity (Wildman–Crippen MR) is 94.5 cm³/mol. The van der Waals surface area contributed by atoms with Gasteiger partial charge in [0.15, 0.2) is 0 Å². The van der Waals surface area contributed by atoms with Crippen molar-refractivity contribution in [2.45, 2.75) is 6.42 Å². The van der Waals surface area contributed by atoms with Crippen LogP contribution in [-0.4, -0.2) is 7.11 Å². The van der Waals surface area contributed by atoms with E-state index in [-0.39, 0.29) is 5.06 Å². The maximum absolute atomic E-state index is 12.4. The smallest absolute Gasteiger partial charge is 0.136 e. The Kier molecular flexibility index (Phi) is 4.79. The van der Waals surface area contributed by atoms with Gasteiger partial charge in [-0.1, -0.05) is 18.2 Å². The predicted octanol–water partition coefficient (Wildman–Crippen LogP) is 3.90. The van der Waals surface area contributed by atoms with Gasteiger partial charge in [0.25, 0.3) is 0 Å². The number of hydroxylamine groups is 1. The lowest BCUT2D eigenvalue weighted by atomic mass is 10.1. The molecule has 4 heteroatoms. The van der Waals surface area contributed by atoms with Crippen molar-refractivity contribution >= 4 is 5.69 Å². The number of ether oxygens (including phenoxy) is 2. The van der Waals surface area contributed by atoms with E-state index >= 15 is 0 Å². The quantitative estimate of drug-likeness (QED) is 0.850. The zero-order chi connectivity index (χ0) is 16.9. The fourth-order valence-corrected chi connectivity index (χ4v) is 2.37. The van der Waals surface area contributed by atoms with Crippen molar-refractivity contribution in [1.29, 1.82) is 0 Å². The molecule has 1 atom stereocenters. The Bertz CT molecular complexity index is 774. The third kappa shape index (κ3) is 3.74. The van der Waals surface area contributed by atoms with Crippen LogP contribution in [0, 0.1) is 5.21 Å². The lowest BCUT2D eigenvalue weighted by Gasteiger charge is -2.24. The van der Waals surface area contributed by atoms with E-state index in [1.165, 1.54) is 0 Å². The Balaban J connectivity index is 1.68. The van der Waals surface area contributed by atoms with Crippen LogP contribution in [-0.2, 0) is 0 Å². The maximum Gasteiger partial charge on any atom is 0.136 e. The Labute approximate surface area is 141 Å². The third-order valence-corrected chi connectivity index (χ3v) is 3.76. The van der Waals surface area contributed by atoms with Crippen molar-refractivity contribution in [2.75, 3.05) is 7.11 Å². The number of nitrogens with one attached hydrogen (secondary N) is 1. The number of quaternary nitrogens is 1. The van der Waals surface area contributed by atoms with E-state index in [4.69, 9.17) is 9.47 Å². The summed E-state index contributed by atoms with van der Waals surface area (Å²) in [6, 6.07) is 14.5. The molecule has 0 bridgehead atoms. The molecule has 0 radical (unpaired) electrons. The van der Waals surface area contributed by atoms with E-state index in [9.17, 15) is 5.21 Å². The highest BCUT2D eigenvalue weighted by Crippen LogP contribution is 2.24. The first-order valence-corrected chi connectivity index (χ1v) is 7.68. The Morgan fingerprint density at radius 2 is 1.50 bits per heavy atom. The standard InChI is InChI=1S/C20H19NO3/c1-15-3-5-16(6-4-15)21(22)17-7-9-19(10-8-17)24-20-13-11-18(23-2)12-14-20/h3,5-14,21H,1,4H2,2H3. The van der Waals surface area contributed by atoms with Gasteiger partial charge in [0.2, 0.25) is 0 Å². The third-order valence-electron chi connectivity index (χ3n) is 3.76. The summed E-state index contributed by atoms with van der Waals surface area (Å²) in [5.74, 6) is 2.17. The molecule has 0 spiro atoms. The van der Waals surface area contributed by atoms with Crippen LogP contribution in [0.15, 0.2) is 84.6 Å². The minimum atomic E-state index is 0.00903. The number of allylic oxidation sites excluding steroid dienone is 4. The molecule has 0 heterocycles. The van der Waals surface area contributed by atoms with Gasteiger partial charge in [-0.15, -0.1) is 0 Å². The van der Waals surface area contributed by atoms with Crippen LogP contribution in [0.5, 0.6) is 17.2 Å². The van der Waals surface area contributed by atoms with E-state index in [1.807, 2.05) is 42.5 Å². The molecular weight excluding hydrogens is 302 g/mol. The number of rotatable bonds is 5. The average molecular weight is 321 g/mol. The molecule has 3 rings (SSSR count). The molecule has 122 valence electrons. The SMILES string of the molecule is C=C1C=CC([NH+]([O-])c2ccc(Oc3ccc(OC)cc3)cc2)=CC1. The average Bonchev–Trinajstić information content (AvgIpc) is 2.63. The molecule has 2 aromatic carbocycles. The highest BCUT2D eigenvalue weighted by atomic mass is 16.5. The van der Waals surface area contributed by atoms with E-state index in [0.717, 1.165) is 17.7 Å². The van der Waals surface area contributed by atoms with E-state index in [0.29, 0.717) is 22.9 Å². The van der Waals surface area contributed by atoms with Crippen LogP contribution < -0.4 is 14.5 Å². The summed E-state index contributed by atoms with van der Waals surface area (Å²) in [7, 11) is 1.62. The first kappa shape index (κ1) is 16.1. The summed E-state index contributed by atoms with van der Waals surface area (Å²) in [6.45, 7) is 3.88. The molecule has 0 amide bonds. The van der Waals surface area contributed by atoms with Crippen molar-refractivity contribution in [3.63, 3.8) is 0 Å². The van der Waals surface area contributed by atoms with Crippen LogP contribution >= 0.6 is 0 Å². The normalized spacial score (nSPS) is 14.9. The van der Waals surface area contributed by atoms with Gasteiger partial charge in [-0.2, -0.15) is 0 Å². The molecule has 0 saturated carbocycles. The van der Waals surface area contributed by atoms with E-state index in [1.54, 1.807) is 31.4 Å². The minimum absolute atomic E-state index is 0.00903. The van der Waals surface area contributed by atoms with Gasteiger partial charge in [-0.05, 0) is 55.0 Å². The fourth-order valence-electron chi connectivity index (χ4n) is 2.37. The molecule has 1 aliphatic carbocycles. The van der Waals surface area contributed by atoms with Gasteiger partial charge in [0, 0.05) is 12.1 Å².